The molecule has 10 heteroatoms. The minimum Gasteiger partial charge on any atom is -0.494 e. The molecule has 0 unspecified atom stereocenters. The van der Waals surface area contributed by atoms with Gasteiger partial charge in [0, 0.05) is 15.8 Å². The van der Waals surface area contributed by atoms with E-state index >= 15 is 0 Å². The molecule has 0 spiro atoms. The van der Waals surface area contributed by atoms with Crippen LogP contribution in [0.25, 0.3) is 21.3 Å². The minimum atomic E-state index is -0.420. The predicted octanol–water partition coefficient (Wildman–Crippen LogP) is 5.67. The van der Waals surface area contributed by atoms with Crippen LogP contribution < -0.4 is 15.6 Å². The van der Waals surface area contributed by atoms with Crippen LogP contribution in [0.15, 0.2) is 40.8 Å². The smallest absolute Gasteiger partial charge is 0.341 e. The van der Waals surface area contributed by atoms with E-state index in [1.165, 1.54) is 33.6 Å². The number of aromatic nitrogens is 2. The van der Waals surface area contributed by atoms with Gasteiger partial charge in [-0.15, -0.1) is 22.7 Å². The lowest BCUT2D eigenvalue weighted by Gasteiger charge is -2.12. The van der Waals surface area contributed by atoms with Gasteiger partial charge in [0.05, 0.1) is 30.5 Å². The summed E-state index contributed by atoms with van der Waals surface area (Å²) < 4.78 is 12.3. The van der Waals surface area contributed by atoms with Gasteiger partial charge in [0.15, 0.2) is 0 Å². The number of esters is 1. The summed E-state index contributed by atoms with van der Waals surface area (Å²) in [5.41, 5.74) is 2.79. The van der Waals surface area contributed by atoms with Gasteiger partial charge >= 0.3 is 5.97 Å². The number of benzene rings is 1. The van der Waals surface area contributed by atoms with Gasteiger partial charge in [-0.25, -0.2) is 9.78 Å². The van der Waals surface area contributed by atoms with Crippen molar-refractivity contribution >= 4 is 49.8 Å². The van der Waals surface area contributed by atoms with Gasteiger partial charge < -0.3 is 14.8 Å². The molecular weight excluding hydrogens is 522 g/mol. The Morgan fingerprint density at radius 3 is 2.68 bits per heavy atom. The molecule has 5 rings (SSSR count). The van der Waals surface area contributed by atoms with E-state index in [1.54, 1.807) is 6.92 Å². The molecule has 1 aliphatic rings. The molecular formula is C28H29N3O5S2. The highest BCUT2D eigenvalue weighted by atomic mass is 32.1. The lowest BCUT2D eigenvalue weighted by atomic mass is 9.95. The highest BCUT2D eigenvalue weighted by Crippen LogP contribution is 2.38. The normalized spacial score (nSPS) is 12.8. The monoisotopic (exact) mass is 551 g/mol. The number of thiophene rings is 2. The fourth-order valence-electron chi connectivity index (χ4n) is 4.64. The van der Waals surface area contributed by atoms with Crippen molar-refractivity contribution < 1.29 is 19.1 Å². The number of carbonyl (C=O) groups is 2. The second kappa shape index (κ2) is 11.5. The van der Waals surface area contributed by atoms with Crippen molar-refractivity contribution in [1.82, 2.24) is 9.55 Å². The molecule has 0 saturated carbocycles. The molecule has 8 nitrogen and oxygen atoms in total. The zero-order valence-electron chi connectivity index (χ0n) is 21.4. The minimum absolute atomic E-state index is 0.217. The van der Waals surface area contributed by atoms with Crippen LogP contribution in [-0.2, 0) is 28.9 Å². The van der Waals surface area contributed by atoms with Gasteiger partial charge in [0.2, 0.25) is 5.91 Å². The van der Waals surface area contributed by atoms with Crippen molar-refractivity contribution in [3.8, 4) is 16.9 Å². The maximum Gasteiger partial charge on any atom is 0.341 e. The molecule has 1 aliphatic carbocycles. The molecule has 1 amide bonds. The van der Waals surface area contributed by atoms with E-state index in [4.69, 9.17) is 9.47 Å². The van der Waals surface area contributed by atoms with Crippen molar-refractivity contribution in [1.29, 1.82) is 0 Å². The number of hydrogen-bond acceptors (Lipinski definition) is 8. The first-order valence-corrected chi connectivity index (χ1v) is 14.5. The van der Waals surface area contributed by atoms with Crippen LogP contribution in [0.1, 0.15) is 53.9 Å². The van der Waals surface area contributed by atoms with Crippen LogP contribution in [0.5, 0.6) is 5.75 Å². The maximum absolute atomic E-state index is 13.5. The van der Waals surface area contributed by atoms with E-state index in [9.17, 15) is 14.4 Å². The summed E-state index contributed by atoms with van der Waals surface area (Å²) in [4.78, 5) is 45.4. The third-order valence-electron chi connectivity index (χ3n) is 6.42. The molecule has 0 saturated heterocycles. The molecule has 1 N–H and O–H groups in total. The highest BCUT2D eigenvalue weighted by Gasteiger charge is 2.27. The van der Waals surface area contributed by atoms with E-state index in [1.807, 2.05) is 29.6 Å². The fraction of sp³-hybridized carbons (Fsp3) is 0.357. The highest BCUT2D eigenvalue weighted by molar-refractivity contribution is 7.17. The van der Waals surface area contributed by atoms with Gasteiger partial charge in [-0.2, -0.15) is 0 Å². The van der Waals surface area contributed by atoms with Gasteiger partial charge in [-0.3, -0.25) is 14.2 Å². The molecule has 0 bridgehead atoms. The Balaban J connectivity index is 1.40. The molecule has 0 radical (unpaired) electrons. The molecule has 1 aromatic carbocycles. The van der Waals surface area contributed by atoms with E-state index in [2.05, 4.69) is 17.2 Å². The second-order valence-electron chi connectivity index (χ2n) is 9.06. The summed E-state index contributed by atoms with van der Waals surface area (Å²) in [6.07, 6.45) is 6.06. The number of anilines is 1. The van der Waals surface area contributed by atoms with Crippen LogP contribution in [0.4, 0.5) is 5.00 Å². The number of amides is 1. The molecule has 3 heterocycles. The molecule has 38 heavy (non-hydrogen) atoms. The van der Waals surface area contributed by atoms with E-state index < -0.39 is 11.9 Å². The number of rotatable bonds is 9. The topological polar surface area (TPSA) is 99.5 Å². The summed E-state index contributed by atoms with van der Waals surface area (Å²) >= 11 is 2.81. The summed E-state index contributed by atoms with van der Waals surface area (Å²) in [7, 11) is 0. The molecule has 198 valence electrons. The largest absolute Gasteiger partial charge is 0.494 e. The quantitative estimate of drug-likeness (QED) is 0.269. The van der Waals surface area contributed by atoms with Crippen molar-refractivity contribution in [2.45, 2.75) is 52.5 Å². The number of nitrogens with zero attached hydrogens (tertiary/aromatic N) is 2. The molecule has 0 atom stereocenters. The van der Waals surface area contributed by atoms with Gasteiger partial charge in [0.1, 0.15) is 22.1 Å². The van der Waals surface area contributed by atoms with Crippen LogP contribution in [-0.4, -0.2) is 34.6 Å². The molecule has 4 aromatic rings. The molecule has 0 fully saturated rings. The Labute approximate surface area is 228 Å². The molecule has 3 aromatic heterocycles. The number of carbonyl (C=O) groups excluding carboxylic acids is 2. The second-order valence-corrected chi connectivity index (χ2v) is 11.0. The summed E-state index contributed by atoms with van der Waals surface area (Å²) in [5.74, 6) is -0.0390. The van der Waals surface area contributed by atoms with Gasteiger partial charge in [-0.1, -0.05) is 19.1 Å². The van der Waals surface area contributed by atoms with Crippen LogP contribution >= 0.6 is 22.7 Å². The zero-order valence-corrected chi connectivity index (χ0v) is 23.0. The Hall–Kier alpha value is -3.50. The third-order valence-corrected chi connectivity index (χ3v) is 8.51. The summed E-state index contributed by atoms with van der Waals surface area (Å²) in [6, 6.07) is 7.62. The van der Waals surface area contributed by atoms with Crippen molar-refractivity contribution in [2.24, 2.45) is 0 Å². The van der Waals surface area contributed by atoms with E-state index in [0.29, 0.717) is 27.4 Å². The SMILES string of the molecule is CCCOc1ccc(-c2csc3ncn(CC(=O)Nc4sc5c(c4C(=O)OCC)CCCC5)c(=O)c23)cc1. The van der Waals surface area contributed by atoms with Crippen molar-refractivity contribution in [2.75, 3.05) is 18.5 Å². The average molecular weight is 552 g/mol. The fourth-order valence-corrected chi connectivity index (χ4v) is 6.84. The van der Waals surface area contributed by atoms with Crippen molar-refractivity contribution in [3.05, 3.63) is 62.3 Å². The first-order valence-electron chi connectivity index (χ1n) is 12.8. The lowest BCUT2D eigenvalue weighted by molar-refractivity contribution is -0.116. The Kier molecular flexibility index (Phi) is 7.90. The Morgan fingerprint density at radius 1 is 1.13 bits per heavy atom. The van der Waals surface area contributed by atoms with E-state index in [0.717, 1.165) is 59.4 Å². The summed E-state index contributed by atoms with van der Waals surface area (Å²) in [5, 5.41) is 5.75. The number of fused-ring (bicyclic) bond motifs is 2. The average Bonchev–Trinajstić information content (AvgIpc) is 3.51. The van der Waals surface area contributed by atoms with Gasteiger partial charge in [0.25, 0.3) is 5.56 Å². The van der Waals surface area contributed by atoms with Crippen LogP contribution in [0.3, 0.4) is 0 Å². The van der Waals surface area contributed by atoms with Gasteiger partial charge in [-0.05, 0) is 62.3 Å². The predicted molar refractivity (Wildman–Crippen MR) is 151 cm³/mol. The lowest BCUT2D eigenvalue weighted by Crippen LogP contribution is -2.28. The first-order chi connectivity index (χ1) is 18.5. The number of nitrogens with one attached hydrogen (secondary N) is 1. The van der Waals surface area contributed by atoms with Crippen LogP contribution in [0, 0.1) is 0 Å². The Morgan fingerprint density at radius 2 is 1.92 bits per heavy atom. The zero-order chi connectivity index (χ0) is 26.6. The van der Waals surface area contributed by atoms with Crippen molar-refractivity contribution in [3.63, 3.8) is 0 Å². The van der Waals surface area contributed by atoms with Crippen LogP contribution in [0.2, 0.25) is 0 Å². The standard InChI is InChI=1S/C28H29N3O5S2/c1-3-13-36-18-11-9-17(10-12-18)20-15-37-25-23(20)27(33)31(16-29-25)14-22(32)30-26-24(28(34)35-4-2)19-7-5-6-8-21(19)38-26/h9-12,15-16H,3-8,13-14H2,1-2H3,(H,30,32). The summed E-state index contributed by atoms with van der Waals surface area (Å²) in [6.45, 7) is 4.50. The Bertz CT molecular complexity index is 1530. The third kappa shape index (κ3) is 5.23. The molecule has 0 aliphatic heterocycles. The number of ether oxygens (including phenoxy) is 2. The maximum atomic E-state index is 13.5. The van der Waals surface area contributed by atoms with E-state index in [-0.39, 0.29) is 18.7 Å². The first kappa shape index (κ1) is 26.1. The number of hydrogen-bond donors (Lipinski definition) is 1. The number of aryl methyl sites for hydroxylation is 1.